The Morgan fingerprint density at radius 1 is 1.73 bits per heavy atom. The monoisotopic (exact) mass is 210 g/mol. The van der Waals surface area contributed by atoms with Gasteiger partial charge in [-0.05, 0) is 23.4 Å². The summed E-state index contributed by atoms with van der Waals surface area (Å²) in [5.74, 6) is 0.0380. The first kappa shape index (κ1) is 10.0. The fourth-order valence-electron chi connectivity index (χ4n) is 1.68. The van der Waals surface area contributed by atoms with Gasteiger partial charge in [0.15, 0.2) is 0 Å². The minimum atomic E-state index is 0.0380. The van der Waals surface area contributed by atoms with Crippen LogP contribution in [0.25, 0.3) is 0 Å². The lowest BCUT2D eigenvalue weighted by atomic mass is 10.2. The molecular formula is C8H14N6O. The third-order valence-corrected chi connectivity index (χ3v) is 2.66. The number of tetrazole rings is 1. The molecule has 7 heteroatoms. The number of likely N-dealkylation sites (N-methyl/N-ethyl adjacent to an activating group) is 1. The predicted octanol–water partition coefficient (Wildman–Crippen LogP) is -1.51. The van der Waals surface area contributed by atoms with E-state index in [0.29, 0.717) is 6.04 Å². The van der Waals surface area contributed by atoms with Crippen LogP contribution in [0.1, 0.15) is 6.42 Å². The first-order valence-corrected chi connectivity index (χ1v) is 4.94. The molecule has 82 valence electrons. The van der Waals surface area contributed by atoms with Crippen LogP contribution in [0.3, 0.4) is 0 Å². The molecule has 0 spiro atoms. The van der Waals surface area contributed by atoms with Gasteiger partial charge >= 0.3 is 0 Å². The van der Waals surface area contributed by atoms with Crippen molar-refractivity contribution in [1.29, 1.82) is 0 Å². The quantitative estimate of drug-likeness (QED) is 0.656. The van der Waals surface area contributed by atoms with Gasteiger partial charge in [0.2, 0.25) is 5.91 Å². The maximum atomic E-state index is 11.8. The van der Waals surface area contributed by atoms with Gasteiger partial charge in [-0.2, -0.15) is 0 Å². The molecule has 1 saturated heterocycles. The van der Waals surface area contributed by atoms with Gasteiger partial charge in [-0.1, -0.05) is 0 Å². The Kier molecular flexibility index (Phi) is 2.91. The second-order valence-corrected chi connectivity index (χ2v) is 3.66. The largest absolute Gasteiger partial charge is 0.340 e. The number of rotatable bonds is 3. The summed E-state index contributed by atoms with van der Waals surface area (Å²) >= 11 is 0. The van der Waals surface area contributed by atoms with Crippen molar-refractivity contribution in [3.05, 3.63) is 6.33 Å². The van der Waals surface area contributed by atoms with Crippen molar-refractivity contribution in [3.63, 3.8) is 0 Å². The molecule has 1 unspecified atom stereocenters. The van der Waals surface area contributed by atoms with Gasteiger partial charge in [0.05, 0.1) is 0 Å². The van der Waals surface area contributed by atoms with E-state index in [1.165, 1.54) is 11.0 Å². The molecule has 1 fully saturated rings. The van der Waals surface area contributed by atoms with Crippen LogP contribution >= 0.6 is 0 Å². The zero-order chi connectivity index (χ0) is 10.7. The zero-order valence-electron chi connectivity index (χ0n) is 8.63. The highest BCUT2D eigenvalue weighted by Crippen LogP contribution is 2.06. The van der Waals surface area contributed by atoms with E-state index in [2.05, 4.69) is 20.8 Å². The van der Waals surface area contributed by atoms with E-state index in [4.69, 9.17) is 0 Å². The van der Waals surface area contributed by atoms with Gasteiger partial charge in [-0.25, -0.2) is 4.68 Å². The van der Waals surface area contributed by atoms with Crippen molar-refractivity contribution in [2.45, 2.75) is 19.0 Å². The Labute approximate surface area is 87.4 Å². The van der Waals surface area contributed by atoms with Crippen molar-refractivity contribution in [2.75, 3.05) is 20.1 Å². The second kappa shape index (κ2) is 4.35. The lowest BCUT2D eigenvalue weighted by Gasteiger charge is -2.23. The Morgan fingerprint density at radius 2 is 2.60 bits per heavy atom. The van der Waals surface area contributed by atoms with Crippen LogP contribution in [0.5, 0.6) is 0 Å². The molecule has 0 aromatic carbocycles. The molecule has 1 N–H and O–H groups in total. The van der Waals surface area contributed by atoms with Crippen LogP contribution in [0.4, 0.5) is 0 Å². The van der Waals surface area contributed by atoms with Crippen LogP contribution in [0, 0.1) is 0 Å². The van der Waals surface area contributed by atoms with Gasteiger partial charge in [0, 0.05) is 19.6 Å². The number of carbonyl (C=O) groups excluding carboxylic acids is 1. The van der Waals surface area contributed by atoms with Crippen molar-refractivity contribution in [2.24, 2.45) is 0 Å². The first-order valence-electron chi connectivity index (χ1n) is 4.94. The molecule has 1 atom stereocenters. The van der Waals surface area contributed by atoms with E-state index in [0.717, 1.165) is 19.5 Å². The van der Waals surface area contributed by atoms with Crippen LogP contribution in [0.15, 0.2) is 6.33 Å². The molecule has 1 aromatic heterocycles. The summed E-state index contributed by atoms with van der Waals surface area (Å²) in [5.41, 5.74) is 0. The fraction of sp³-hybridized carbons (Fsp3) is 0.750. The molecule has 2 heterocycles. The standard InChI is InChI=1S/C8H14N6O/c1-13(7-2-3-9-4-7)8(15)5-14-6-10-11-12-14/h6-7,9H,2-5H2,1H3. The lowest BCUT2D eigenvalue weighted by Crippen LogP contribution is -2.40. The third kappa shape index (κ3) is 2.30. The highest BCUT2D eigenvalue weighted by atomic mass is 16.2. The highest BCUT2D eigenvalue weighted by Gasteiger charge is 2.23. The van der Waals surface area contributed by atoms with Gasteiger partial charge in [-0.15, -0.1) is 5.10 Å². The fourth-order valence-corrected chi connectivity index (χ4v) is 1.68. The van der Waals surface area contributed by atoms with Crippen LogP contribution in [0.2, 0.25) is 0 Å². The molecular weight excluding hydrogens is 196 g/mol. The Bertz CT molecular complexity index is 318. The average molecular weight is 210 g/mol. The molecule has 2 rings (SSSR count). The van der Waals surface area contributed by atoms with Crippen molar-refractivity contribution in [3.8, 4) is 0 Å². The van der Waals surface area contributed by atoms with E-state index in [1.54, 1.807) is 4.90 Å². The van der Waals surface area contributed by atoms with Crippen LogP contribution in [-0.2, 0) is 11.3 Å². The topological polar surface area (TPSA) is 75.9 Å². The zero-order valence-corrected chi connectivity index (χ0v) is 8.63. The van der Waals surface area contributed by atoms with Crippen LogP contribution < -0.4 is 5.32 Å². The van der Waals surface area contributed by atoms with Crippen LogP contribution in [-0.4, -0.2) is 57.2 Å². The number of hydrogen-bond acceptors (Lipinski definition) is 5. The number of carbonyl (C=O) groups is 1. The molecule has 7 nitrogen and oxygen atoms in total. The Morgan fingerprint density at radius 3 is 3.20 bits per heavy atom. The number of aromatic nitrogens is 4. The summed E-state index contributed by atoms with van der Waals surface area (Å²) in [5, 5.41) is 13.8. The van der Waals surface area contributed by atoms with Gasteiger partial charge in [0.1, 0.15) is 12.9 Å². The summed E-state index contributed by atoms with van der Waals surface area (Å²) in [7, 11) is 1.82. The third-order valence-electron chi connectivity index (χ3n) is 2.66. The summed E-state index contributed by atoms with van der Waals surface area (Å²) in [6.07, 6.45) is 2.45. The molecule has 1 aliphatic heterocycles. The minimum absolute atomic E-state index is 0.0380. The molecule has 0 bridgehead atoms. The predicted molar refractivity (Wildman–Crippen MR) is 51.9 cm³/mol. The van der Waals surface area contributed by atoms with Gasteiger partial charge in [0.25, 0.3) is 0 Å². The molecule has 1 aliphatic rings. The summed E-state index contributed by atoms with van der Waals surface area (Å²) < 4.78 is 1.43. The molecule has 1 aromatic rings. The number of hydrogen-bond donors (Lipinski definition) is 1. The van der Waals surface area contributed by atoms with E-state index in [9.17, 15) is 4.79 Å². The number of nitrogens with one attached hydrogen (secondary N) is 1. The summed E-state index contributed by atoms with van der Waals surface area (Å²) in [6.45, 7) is 2.06. The van der Waals surface area contributed by atoms with E-state index >= 15 is 0 Å². The van der Waals surface area contributed by atoms with Gasteiger partial charge in [-0.3, -0.25) is 4.79 Å². The lowest BCUT2D eigenvalue weighted by molar-refractivity contribution is -0.132. The smallest absolute Gasteiger partial charge is 0.244 e. The number of amides is 1. The second-order valence-electron chi connectivity index (χ2n) is 3.66. The minimum Gasteiger partial charge on any atom is -0.340 e. The highest BCUT2D eigenvalue weighted by molar-refractivity contribution is 5.75. The van der Waals surface area contributed by atoms with Crippen molar-refractivity contribution in [1.82, 2.24) is 30.4 Å². The molecule has 0 aliphatic carbocycles. The Balaban J connectivity index is 1.89. The van der Waals surface area contributed by atoms with Crippen molar-refractivity contribution >= 4 is 5.91 Å². The molecule has 15 heavy (non-hydrogen) atoms. The molecule has 0 saturated carbocycles. The normalized spacial score (nSPS) is 20.5. The molecule has 1 amide bonds. The SMILES string of the molecule is CN(C(=O)Cn1cnnn1)C1CCNC1. The van der Waals surface area contributed by atoms with Gasteiger partial charge < -0.3 is 10.2 Å². The Hall–Kier alpha value is -1.50. The van der Waals surface area contributed by atoms with E-state index < -0.39 is 0 Å². The van der Waals surface area contributed by atoms with Crippen molar-refractivity contribution < 1.29 is 4.79 Å². The summed E-state index contributed by atoms with van der Waals surface area (Å²) in [4.78, 5) is 13.5. The average Bonchev–Trinajstić information content (AvgIpc) is 2.88. The van der Waals surface area contributed by atoms with E-state index in [1.807, 2.05) is 7.05 Å². The summed E-state index contributed by atoms with van der Waals surface area (Å²) in [6, 6.07) is 0.300. The number of nitrogens with zero attached hydrogens (tertiary/aromatic N) is 5. The van der Waals surface area contributed by atoms with E-state index in [-0.39, 0.29) is 12.5 Å². The first-order chi connectivity index (χ1) is 7.27. The maximum absolute atomic E-state index is 11.8. The maximum Gasteiger partial charge on any atom is 0.244 e. The molecule has 0 radical (unpaired) electrons.